The summed E-state index contributed by atoms with van der Waals surface area (Å²) in [6, 6.07) is 7.59. The number of hydrogen-bond acceptors (Lipinski definition) is 7. The van der Waals surface area contributed by atoms with Crippen LogP contribution in [0.5, 0.6) is 5.88 Å². The second-order valence-corrected chi connectivity index (χ2v) is 8.21. The maximum absolute atomic E-state index is 13.1. The lowest BCUT2D eigenvalue weighted by atomic mass is 9.91. The highest BCUT2D eigenvalue weighted by molar-refractivity contribution is 7.22. The van der Waals surface area contributed by atoms with E-state index in [1.54, 1.807) is 0 Å². The molecule has 0 spiro atoms. The number of benzene rings is 1. The molecule has 1 aliphatic heterocycles. The molecule has 29 heavy (non-hydrogen) atoms. The lowest BCUT2D eigenvalue weighted by Crippen LogP contribution is -2.56. The molecule has 1 saturated heterocycles. The fraction of sp³-hybridized carbons (Fsp3) is 0.368. The van der Waals surface area contributed by atoms with Gasteiger partial charge in [-0.25, -0.2) is 14.8 Å². The van der Waals surface area contributed by atoms with E-state index in [0.717, 1.165) is 12.1 Å². The van der Waals surface area contributed by atoms with Crippen molar-refractivity contribution >= 4 is 44.4 Å². The number of halogens is 1. The fourth-order valence-corrected chi connectivity index (χ4v) is 4.52. The molecule has 2 unspecified atom stereocenters. The standard InChI is InChI=1S/C19H21ClN6O2S/c1-11(12-4-3-5-13(20)8-12)14-9-21-6-7-26(14)19(27)25-18-24-15-16(28-2)22-10-23-17(15)29-18/h3-5,8,10-11,14,21H,6-7,9H2,1-2H3,(H,24,25,27). The Balaban J connectivity index is 1.54. The van der Waals surface area contributed by atoms with Crippen LogP contribution in [0, 0.1) is 0 Å². The van der Waals surface area contributed by atoms with Crippen molar-refractivity contribution < 1.29 is 9.53 Å². The Morgan fingerprint density at radius 1 is 1.45 bits per heavy atom. The van der Waals surface area contributed by atoms with Gasteiger partial charge < -0.3 is 15.0 Å². The third-order valence-electron chi connectivity index (χ3n) is 5.06. The molecule has 0 radical (unpaired) electrons. The normalized spacial score (nSPS) is 17.9. The Kier molecular flexibility index (Phi) is 5.79. The minimum Gasteiger partial charge on any atom is -0.479 e. The topological polar surface area (TPSA) is 92.3 Å². The van der Waals surface area contributed by atoms with Crippen molar-refractivity contribution in [3.63, 3.8) is 0 Å². The first-order chi connectivity index (χ1) is 14.1. The van der Waals surface area contributed by atoms with Gasteiger partial charge in [-0.1, -0.05) is 42.0 Å². The molecule has 2 aromatic heterocycles. The molecular formula is C19H21ClN6O2S. The Labute approximate surface area is 177 Å². The first-order valence-electron chi connectivity index (χ1n) is 9.26. The molecule has 2 atom stereocenters. The fourth-order valence-electron chi connectivity index (χ4n) is 3.54. The molecule has 2 N–H and O–H groups in total. The van der Waals surface area contributed by atoms with E-state index in [-0.39, 0.29) is 18.0 Å². The third kappa shape index (κ3) is 4.12. The quantitative estimate of drug-likeness (QED) is 0.656. The largest absolute Gasteiger partial charge is 0.479 e. The number of carbonyl (C=O) groups is 1. The van der Waals surface area contributed by atoms with Crippen LogP contribution in [0.25, 0.3) is 10.3 Å². The number of amides is 2. The maximum atomic E-state index is 13.1. The number of nitrogens with zero attached hydrogens (tertiary/aromatic N) is 4. The van der Waals surface area contributed by atoms with Gasteiger partial charge in [0.05, 0.1) is 13.2 Å². The van der Waals surface area contributed by atoms with Crippen LogP contribution in [0.3, 0.4) is 0 Å². The summed E-state index contributed by atoms with van der Waals surface area (Å²) in [6.07, 6.45) is 1.42. The number of carbonyl (C=O) groups excluding carboxylic acids is 1. The zero-order chi connectivity index (χ0) is 20.4. The van der Waals surface area contributed by atoms with Gasteiger partial charge in [0.1, 0.15) is 6.33 Å². The summed E-state index contributed by atoms with van der Waals surface area (Å²) in [4.78, 5) is 28.3. The van der Waals surface area contributed by atoms with E-state index in [2.05, 4.69) is 32.5 Å². The molecule has 1 aliphatic rings. The van der Waals surface area contributed by atoms with Gasteiger partial charge in [0.25, 0.3) is 0 Å². The van der Waals surface area contributed by atoms with E-state index in [1.165, 1.54) is 24.8 Å². The van der Waals surface area contributed by atoms with Gasteiger partial charge in [-0.3, -0.25) is 5.32 Å². The molecular weight excluding hydrogens is 412 g/mol. The Bertz CT molecular complexity index is 1030. The average molecular weight is 433 g/mol. The maximum Gasteiger partial charge on any atom is 0.324 e. The number of thiazole rings is 1. The molecule has 0 aliphatic carbocycles. The van der Waals surface area contributed by atoms with E-state index < -0.39 is 0 Å². The van der Waals surface area contributed by atoms with Crippen molar-refractivity contribution in [2.24, 2.45) is 0 Å². The van der Waals surface area contributed by atoms with Crippen molar-refractivity contribution in [2.75, 3.05) is 32.1 Å². The number of anilines is 1. The number of methoxy groups -OCH3 is 1. The van der Waals surface area contributed by atoms with Crippen molar-refractivity contribution in [1.82, 2.24) is 25.2 Å². The van der Waals surface area contributed by atoms with Crippen LogP contribution < -0.4 is 15.4 Å². The number of urea groups is 1. The summed E-state index contributed by atoms with van der Waals surface area (Å²) in [5, 5.41) is 7.46. The second kappa shape index (κ2) is 8.48. The lowest BCUT2D eigenvalue weighted by molar-refractivity contribution is 0.159. The molecule has 3 heterocycles. The zero-order valence-corrected chi connectivity index (χ0v) is 17.6. The number of rotatable bonds is 4. The lowest BCUT2D eigenvalue weighted by Gasteiger charge is -2.39. The molecule has 2 amide bonds. The van der Waals surface area contributed by atoms with Crippen LogP contribution in [0.1, 0.15) is 18.4 Å². The van der Waals surface area contributed by atoms with E-state index in [0.29, 0.717) is 39.5 Å². The number of ether oxygens (including phenoxy) is 1. The predicted molar refractivity (Wildman–Crippen MR) is 114 cm³/mol. The summed E-state index contributed by atoms with van der Waals surface area (Å²) in [5.74, 6) is 0.509. The second-order valence-electron chi connectivity index (χ2n) is 6.79. The highest BCUT2D eigenvalue weighted by Gasteiger charge is 2.32. The van der Waals surface area contributed by atoms with E-state index >= 15 is 0 Å². The summed E-state index contributed by atoms with van der Waals surface area (Å²) in [6.45, 7) is 4.17. The van der Waals surface area contributed by atoms with Gasteiger partial charge in [-0.2, -0.15) is 4.98 Å². The Hall–Kier alpha value is -2.49. The molecule has 8 nitrogen and oxygen atoms in total. The Morgan fingerprint density at radius 2 is 2.31 bits per heavy atom. The number of fused-ring (bicyclic) bond motifs is 1. The molecule has 152 valence electrons. The van der Waals surface area contributed by atoms with Crippen molar-refractivity contribution in [3.05, 3.63) is 41.2 Å². The van der Waals surface area contributed by atoms with E-state index in [1.807, 2.05) is 29.2 Å². The van der Waals surface area contributed by atoms with Gasteiger partial charge in [0.2, 0.25) is 5.88 Å². The molecule has 0 saturated carbocycles. The molecule has 4 rings (SSSR count). The van der Waals surface area contributed by atoms with Crippen LogP contribution in [0.4, 0.5) is 9.93 Å². The Morgan fingerprint density at radius 3 is 3.10 bits per heavy atom. The van der Waals surface area contributed by atoms with Crippen LogP contribution in [0.15, 0.2) is 30.6 Å². The molecule has 10 heteroatoms. The number of nitrogens with one attached hydrogen (secondary N) is 2. The number of piperazine rings is 1. The van der Waals surface area contributed by atoms with Crippen molar-refractivity contribution in [1.29, 1.82) is 0 Å². The van der Waals surface area contributed by atoms with Crippen molar-refractivity contribution in [3.8, 4) is 5.88 Å². The molecule has 1 fully saturated rings. The van der Waals surface area contributed by atoms with E-state index in [4.69, 9.17) is 16.3 Å². The number of hydrogen-bond donors (Lipinski definition) is 2. The summed E-state index contributed by atoms with van der Waals surface area (Å²) < 4.78 is 5.22. The minimum atomic E-state index is -0.184. The van der Waals surface area contributed by atoms with Crippen molar-refractivity contribution in [2.45, 2.75) is 18.9 Å². The zero-order valence-electron chi connectivity index (χ0n) is 16.1. The van der Waals surface area contributed by atoms with Gasteiger partial charge in [0.15, 0.2) is 15.5 Å². The first kappa shape index (κ1) is 19.8. The van der Waals surface area contributed by atoms with Crippen LogP contribution in [0.2, 0.25) is 5.02 Å². The minimum absolute atomic E-state index is 0.00840. The highest BCUT2D eigenvalue weighted by atomic mass is 35.5. The summed E-state index contributed by atoms with van der Waals surface area (Å²) in [5.41, 5.74) is 1.64. The SMILES string of the molecule is COc1ncnc2sc(NC(=O)N3CCNCC3C(C)c3cccc(Cl)c3)nc12. The third-order valence-corrected chi connectivity index (χ3v) is 6.18. The molecule has 1 aromatic carbocycles. The predicted octanol–water partition coefficient (Wildman–Crippen LogP) is 3.36. The highest BCUT2D eigenvalue weighted by Crippen LogP contribution is 2.30. The summed E-state index contributed by atoms with van der Waals surface area (Å²) in [7, 11) is 1.53. The van der Waals surface area contributed by atoms with Gasteiger partial charge in [0, 0.05) is 30.6 Å². The van der Waals surface area contributed by atoms with E-state index in [9.17, 15) is 4.79 Å². The van der Waals surface area contributed by atoms with Gasteiger partial charge >= 0.3 is 6.03 Å². The van der Waals surface area contributed by atoms with Gasteiger partial charge in [-0.15, -0.1) is 0 Å². The smallest absolute Gasteiger partial charge is 0.324 e. The first-order valence-corrected chi connectivity index (χ1v) is 10.5. The monoisotopic (exact) mass is 432 g/mol. The van der Waals surface area contributed by atoms with Crippen LogP contribution in [-0.2, 0) is 0 Å². The number of aromatic nitrogens is 3. The van der Waals surface area contributed by atoms with Crippen LogP contribution in [-0.4, -0.2) is 58.7 Å². The molecule has 3 aromatic rings. The average Bonchev–Trinajstić information content (AvgIpc) is 3.15. The van der Waals surface area contributed by atoms with Gasteiger partial charge in [-0.05, 0) is 17.7 Å². The van der Waals surface area contributed by atoms with Crippen LogP contribution >= 0.6 is 22.9 Å². The summed E-state index contributed by atoms with van der Waals surface area (Å²) >= 11 is 7.45. The molecule has 0 bridgehead atoms.